The van der Waals surface area contributed by atoms with E-state index in [1.54, 1.807) is 37.3 Å². The lowest BCUT2D eigenvalue weighted by molar-refractivity contribution is -0.384. The van der Waals surface area contributed by atoms with Gasteiger partial charge >= 0.3 is 5.69 Å². The summed E-state index contributed by atoms with van der Waals surface area (Å²) in [6, 6.07) is 8.38. The van der Waals surface area contributed by atoms with E-state index in [1.807, 2.05) is 4.90 Å². The number of nitrogens with one attached hydrogen (secondary N) is 1. The second-order valence-corrected chi connectivity index (χ2v) is 8.00. The highest BCUT2D eigenvalue weighted by atomic mass is 35.5. The number of halogens is 1. The number of anilines is 3. The van der Waals surface area contributed by atoms with E-state index in [4.69, 9.17) is 16.3 Å². The van der Waals surface area contributed by atoms with Gasteiger partial charge in [0.2, 0.25) is 5.82 Å². The number of carbonyl (C=O) groups excluding carboxylic acids is 1. The normalized spacial score (nSPS) is 13.8. The topological polar surface area (TPSA) is 115 Å². The highest BCUT2D eigenvalue weighted by molar-refractivity contribution is 7.14. The molecule has 4 rings (SSSR count). The average molecular weight is 475 g/mol. The summed E-state index contributed by atoms with van der Waals surface area (Å²) in [5.74, 6) is 0.287. The van der Waals surface area contributed by atoms with Crippen molar-refractivity contribution in [2.75, 3.05) is 36.5 Å². The summed E-state index contributed by atoms with van der Waals surface area (Å²) in [6.45, 7) is 4.00. The molecule has 3 aromatic rings. The summed E-state index contributed by atoms with van der Waals surface area (Å²) < 4.78 is 6.73. The maximum Gasteiger partial charge on any atom is 0.334 e. The molecule has 3 heterocycles. The van der Waals surface area contributed by atoms with Gasteiger partial charge in [0.1, 0.15) is 11.5 Å². The number of aromatic nitrogens is 3. The Morgan fingerprint density at radius 3 is 2.69 bits per heavy atom. The van der Waals surface area contributed by atoms with Crippen LogP contribution in [-0.4, -0.2) is 51.5 Å². The molecule has 10 nitrogen and oxygen atoms in total. The number of ketones is 1. The zero-order valence-corrected chi connectivity index (χ0v) is 19.0. The summed E-state index contributed by atoms with van der Waals surface area (Å²) in [6.07, 6.45) is 1.45. The van der Waals surface area contributed by atoms with Crippen LogP contribution < -0.4 is 10.2 Å². The molecule has 0 saturated carbocycles. The molecule has 12 heteroatoms. The Balaban J connectivity index is 1.80. The third-order valence-electron chi connectivity index (χ3n) is 5.14. The smallest absolute Gasteiger partial charge is 0.334 e. The summed E-state index contributed by atoms with van der Waals surface area (Å²) in [7, 11) is 2.31. The highest BCUT2D eigenvalue weighted by Crippen LogP contribution is 2.34. The van der Waals surface area contributed by atoms with Crippen molar-refractivity contribution in [3.8, 4) is 0 Å². The number of ether oxygens (including phenoxy) is 1. The molecule has 1 saturated heterocycles. The fourth-order valence-electron chi connectivity index (χ4n) is 3.42. The Bertz CT molecular complexity index is 1190. The van der Waals surface area contributed by atoms with Crippen molar-refractivity contribution < 1.29 is 14.5 Å². The first-order valence-corrected chi connectivity index (χ1v) is 10.6. The van der Waals surface area contributed by atoms with Gasteiger partial charge in [-0.3, -0.25) is 14.9 Å². The maximum atomic E-state index is 13.3. The first kappa shape index (κ1) is 22.1. The minimum Gasteiger partial charge on any atom is -0.378 e. The van der Waals surface area contributed by atoms with Crippen LogP contribution in [0.15, 0.2) is 36.5 Å². The summed E-state index contributed by atoms with van der Waals surface area (Å²) in [5, 5.41) is 19.1. The van der Waals surface area contributed by atoms with E-state index in [2.05, 4.69) is 24.8 Å². The number of morpholine rings is 1. The zero-order chi connectivity index (χ0) is 22.8. The van der Waals surface area contributed by atoms with Crippen LogP contribution in [0, 0.1) is 17.0 Å². The van der Waals surface area contributed by atoms with Gasteiger partial charge in [0, 0.05) is 30.9 Å². The predicted molar refractivity (Wildman–Crippen MR) is 124 cm³/mol. The minimum absolute atomic E-state index is 0.0230. The molecule has 0 radical (unpaired) electrons. The number of nitro groups is 1. The monoisotopic (exact) mass is 474 g/mol. The van der Waals surface area contributed by atoms with Crippen molar-refractivity contribution in [2.24, 2.45) is 0 Å². The predicted octanol–water partition coefficient (Wildman–Crippen LogP) is 3.60. The molecule has 1 aliphatic rings. The van der Waals surface area contributed by atoms with Crippen LogP contribution in [0.1, 0.15) is 21.6 Å². The molecule has 0 bridgehead atoms. The molecule has 1 unspecified atom stereocenters. The van der Waals surface area contributed by atoms with Gasteiger partial charge in [-0.15, -0.1) is 5.10 Å². The second-order valence-electron chi connectivity index (χ2n) is 7.11. The van der Waals surface area contributed by atoms with Crippen LogP contribution in [0.3, 0.4) is 0 Å². The van der Waals surface area contributed by atoms with Gasteiger partial charge < -0.3 is 15.0 Å². The molecule has 1 aliphatic heterocycles. The van der Waals surface area contributed by atoms with E-state index in [0.717, 1.165) is 0 Å². The van der Waals surface area contributed by atoms with Gasteiger partial charge in [0.15, 0.2) is 5.78 Å². The molecular formula is C20H20ClN6O4P. The Morgan fingerprint density at radius 1 is 1.28 bits per heavy atom. The van der Waals surface area contributed by atoms with Crippen molar-refractivity contribution in [2.45, 2.75) is 6.92 Å². The molecule has 0 spiro atoms. The third-order valence-corrected chi connectivity index (χ3v) is 5.97. The quantitative estimate of drug-likeness (QED) is 0.249. The van der Waals surface area contributed by atoms with Crippen LogP contribution in [0.5, 0.6) is 0 Å². The van der Waals surface area contributed by atoms with Gasteiger partial charge in [-0.25, -0.2) is 9.44 Å². The Morgan fingerprint density at radius 2 is 2.00 bits per heavy atom. The largest absolute Gasteiger partial charge is 0.378 e. The van der Waals surface area contributed by atoms with E-state index in [0.29, 0.717) is 54.1 Å². The van der Waals surface area contributed by atoms with E-state index in [1.165, 1.54) is 10.6 Å². The Kier molecular flexibility index (Phi) is 6.36. The van der Waals surface area contributed by atoms with Crippen LogP contribution in [0.2, 0.25) is 5.02 Å². The Labute approximate surface area is 190 Å². The number of carbonyl (C=O) groups is 1. The number of pyridine rings is 1. The second kappa shape index (κ2) is 9.20. The first-order chi connectivity index (χ1) is 15.4. The van der Waals surface area contributed by atoms with Gasteiger partial charge in [0.25, 0.3) is 0 Å². The van der Waals surface area contributed by atoms with Crippen molar-refractivity contribution in [1.82, 2.24) is 14.5 Å². The minimum atomic E-state index is -0.509. The van der Waals surface area contributed by atoms with E-state index >= 15 is 0 Å². The van der Waals surface area contributed by atoms with Crippen molar-refractivity contribution in [3.05, 3.63) is 68.5 Å². The van der Waals surface area contributed by atoms with Crippen molar-refractivity contribution >= 4 is 49.8 Å². The van der Waals surface area contributed by atoms with Gasteiger partial charge in [-0.1, -0.05) is 23.7 Å². The molecule has 1 atom stereocenters. The lowest BCUT2D eigenvalue weighted by Gasteiger charge is -2.28. The fourth-order valence-corrected chi connectivity index (χ4v) is 3.88. The Hall–Kier alpha value is -3.07. The molecule has 0 amide bonds. The molecule has 2 aromatic heterocycles. The molecule has 0 aliphatic carbocycles. The number of nitrogens with zero attached hydrogens (tertiary/aromatic N) is 5. The standard InChI is InChI=1S/C20H20ClN6O4P/c1-12-18(27(29)30)20(24-26(12)32)23-16-10-17(25-6-8-31-9-7-25)22-11-14(16)19(28)13-4-2-3-5-15(13)21/h2-5,10-11H,6-9,32H2,1H3,(H,22,23,24). The lowest BCUT2D eigenvalue weighted by Crippen LogP contribution is -2.36. The lowest BCUT2D eigenvalue weighted by atomic mass is 10.0. The van der Waals surface area contributed by atoms with Gasteiger partial charge in [-0.2, -0.15) is 0 Å². The molecule has 166 valence electrons. The summed E-state index contributed by atoms with van der Waals surface area (Å²) in [4.78, 5) is 30.9. The third kappa shape index (κ3) is 4.29. The number of hydrogen-bond donors (Lipinski definition) is 1. The number of hydrogen-bond acceptors (Lipinski definition) is 8. The number of benzene rings is 1. The first-order valence-electron chi connectivity index (χ1n) is 9.75. The van der Waals surface area contributed by atoms with E-state index in [9.17, 15) is 14.9 Å². The van der Waals surface area contributed by atoms with E-state index < -0.39 is 4.92 Å². The van der Waals surface area contributed by atoms with Gasteiger partial charge in [0.05, 0.1) is 34.4 Å². The van der Waals surface area contributed by atoms with Crippen molar-refractivity contribution in [1.29, 1.82) is 0 Å². The molecule has 1 aromatic carbocycles. The van der Waals surface area contributed by atoms with Crippen LogP contribution >= 0.6 is 21.0 Å². The SMILES string of the molecule is Cc1c([N+](=O)[O-])c(Nc2cc(N3CCOCC3)ncc2C(=O)c2ccccc2Cl)nn1P. The molecular weight excluding hydrogens is 455 g/mol. The average Bonchev–Trinajstić information content (AvgIpc) is 3.07. The highest BCUT2D eigenvalue weighted by Gasteiger charge is 2.27. The fraction of sp³-hybridized carbons (Fsp3) is 0.250. The number of rotatable bonds is 6. The van der Waals surface area contributed by atoms with Crippen LogP contribution in [-0.2, 0) is 4.74 Å². The summed E-state index contributed by atoms with van der Waals surface area (Å²) in [5.41, 5.74) is 1.04. The summed E-state index contributed by atoms with van der Waals surface area (Å²) >= 11 is 6.23. The van der Waals surface area contributed by atoms with Crippen LogP contribution in [0.25, 0.3) is 0 Å². The zero-order valence-electron chi connectivity index (χ0n) is 17.1. The maximum absolute atomic E-state index is 13.3. The van der Waals surface area contributed by atoms with Gasteiger partial charge in [-0.05, 0) is 28.4 Å². The molecule has 1 N–H and O–H groups in total. The molecule has 32 heavy (non-hydrogen) atoms. The van der Waals surface area contributed by atoms with Crippen molar-refractivity contribution in [3.63, 3.8) is 0 Å². The van der Waals surface area contributed by atoms with Crippen LogP contribution in [0.4, 0.5) is 23.0 Å². The van der Waals surface area contributed by atoms with E-state index in [-0.39, 0.29) is 22.9 Å². The molecule has 1 fully saturated rings.